The smallest absolute Gasteiger partial charge is 0.297 e. The maximum atomic E-state index is 13.8. The monoisotopic (exact) mass is 505 g/mol. The van der Waals surface area contributed by atoms with Crippen LogP contribution in [0.15, 0.2) is 45.6 Å². The van der Waals surface area contributed by atoms with E-state index in [-0.39, 0.29) is 16.8 Å². The molecule has 0 saturated heterocycles. The second-order valence-electron chi connectivity index (χ2n) is 8.82. The van der Waals surface area contributed by atoms with Gasteiger partial charge in [0, 0.05) is 0 Å². The number of unbranched alkanes of at least 4 members (excludes halogenated alkanes) is 2. The van der Waals surface area contributed by atoms with Crippen LogP contribution in [0.3, 0.4) is 0 Å². The summed E-state index contributed by atoms with van der Waals surface area (Å²) in [5.41, 5.74) is 2.03. The van der Waals surface area contributed by atoms with Crippen LogP contribution in [0.1, 0.15) is 64.5 Å². The highest BCUT2D eigenvalue weighted by atomic mass is 32.1. The highest BCUT2D eigenvalue weighted by Crippen LogP contribution is 2.44. The number of rotatable bonds is 8. The van der Waals surface area contributed by atoms with Gasteiger partial charge in [0.05, 0.1) is 30.7 Å². The molecule has 186 valence electrons. The summed E-state index contributed by atoms with van der Waals surface area (Å²) in [6, 6.07) is 10.1. The third-order valence-electron chi connectivity index (χ3n) is 6.26. The van der Waals surface area contributed by atoms with E-state index >= 15 is 0 Å². The first-order chi connectivity index (χ1) is 17.4. The maximum Gasteiger partial charge on any atom is 0.297 e. The molecule has 5 rings (SSSR count). The van der Waals surface area contributed by atoms with E-state index in [1.54, 1.807) is 19.2 Å². The molecular formula is C27H27N3O5S. The van der Waals surface area contributed by atoms with E-state index in [9.17, 15) is 9.59 Å². The van der Waals surface area contributed by atoms with Gasteiger partial charge in [-0.1, -0.05) is 48.8 Å². The highest BCUT2D eigenvalue weighted by Gasteiger charge is 2.45. The van der Waals surface area contributed by atoms with Crippen molar-refractivity contribution in [3.8, 4) is 11.5 Å². The molecule has 1 aliphatic heterocycles. The first-order valence-corrected chi connectivity index (χ1v) is 12.8. The number of nitrogens with zero attached hydrogens (tertiary/aromatic N) is 3. The van der Waals surface area contributed by atoms with Crippen molar-refractivity contribution >= 4 is 33.3 Å². The minimum Gasteiger partial charge on any atom is -0.493 e. The van der Waals surface area contributed by atoms with E-state index in [0.717, 1.165) is 24.8 Å². The number of carbonyl (C=O) groups excluding carboxylic acids is 1. The number of benzene rings is 2. The zero-order chi connectivity index (χ0) is 25.4. The fourth-order valence-corrected chi connectivity index (χ4v) is 5.20. The summed E-state index contributed by atoms with van der Waals surface area (Å²) in [6.45, 7) is 6.45. The Balaban J connectivity index is 1.66. The van der Waals surface area contributed by atoms with Gasteiger partial charge >= 0.3 is 0 Å². The average molecular weight is 506 g/mol. The Morgan fingerprint density at radius 1 is 1.06 bits per heavy atom. The molecule has 36 heavy (non-hydrogen) atoms. The first kappa shape index (κ1) is 24.0. The Morgan fingerprint density at radius 2 is 1.89 bits per heavy atom. The predicted octanol–water partition coefficient (Wildman–Crippen LogP) is 5.59. The molecule has 2 aromatic heterocycles. The molecule has 0 spiro atoms. The Hall–Kier alpha value is -3.72. The molecule has 0 bridgehead atoms. The lowest BCUT2D eigenvalue weighted by Crippen LogP contribution is -2.29. The fourth-order valence-electron chi connectivity index (χ4n) is 4.49. The number of ether oxygens (including phenoxy) is 2. The average Bonchev–Trinajstić information content (AvgIpc) is 3.43. The quantitative estimate of drug-likeness (QED) is 0.288. The minimum atomic E-state index is -0.746. The molecule has 1 aliphatic rings. The van der Waals surface area contributed by atoms with Crippen molar-refractivity contribution < 1.29 is 18.7 Å². The van der Waals surface area contributed by atoms with Crippen molar-refractivity contribution in [2.75, 3.05) is 18.6 Å². The summed E-state index contributed by atoms with van der Waals surface area (Å²) in [5, 5.41) is 9.85. The Kier molecular flexibility index (Phi) is 6.49. The molecule has 1 amide bonds. The topological polar surface area (TPSA) is 94.8 Å². The summed E-state index contributed by atoms with van der Waals surface area (Å²) in [5.74, 6) is 0.735. The zero-order valence-electron chi connectivity index (χ0n) is 20.7. The van der Waals surface area contributed by atoms with Crippen molar-refractivity contribution in [1.29, 1.82) is 0 Å². The van der Waals surface area contributed by atoms with Crippen LogP contribution in [0.25, 0.3) is 11.0 Å². The summed E-state index contributed by atoms with van der Waals surface area (Å²) in [6.07, 6.45) is 3.14. The lowest BCUT2D eigenvalue weighted by molar-refractivity contribution is 0.0970. The fraction of sp³-hybridized carbons (Fsp3) is 0.333. The molecule has 8 nitrogen and oxygen atoms in total. The second-order valence-corrected chi connectivity index (χ2v) is 9.98. The molecule has 0 fully saturated rings. The molecule has 0 saturated carbocycles. The summed E-state index contributed by atoms with van der Waals surface area (Å²) >= 11 is 1.28. The molecular weight excluding hydrogens is 478 g/mol. The van der Waals surface area contributed by atoms with Crippen LogP contribution < -0.4 is 19.8 Å². The lowest BCUT2D eigenvalue weighted by Gasteiger charge is -2.23. The van der Waals surface area contributed by atoms with Crippen LogP contribution in [-0.4, -0.2) is 29.8 Å². The molecule has 1 unspecified atom stereocenters. The largest absolute Gasteiger partial charge is 0.493 e. The van der Waals surface area contributed by atoms with E-state index in [1.807, 2.05) is 38.1 Å². The van der Waals surface area contributed by atoms with Gasteiger partial charge in [-0.25, -0.2) is 0 Å². The van der Waals surface area contributed by atoms with Crippen molar-refractivity contribution in [3.63, 3.8) is 0 Å². The van der Waals surface area contributed by atoms with Crippen molar-refractivity contribution in [2.45, 2.75) is 46.1 Å². The number of carbonyl (C=O) groups is 1. The van der Waals surface area contributed by atoms with Crippen LogP contribution in [0.5, 0.6) is 11.5 Å². The normalized spacial score (nSPS) is 14.9. The van der Waals surface area contributed by atoms with Gasteiger partial charge in [-0.2, -0.15) is 0 Å². The van der Waals surface area contributed by atoms with Crippen LogP contribution in [0.4, 0.5) is 5.13 Å². The van der Waals surface area contributed by atoms with Crippen LogP contribution in [0, 0.1) is 13.8 Å². The maximum absolute atomic E-state index is 13.8. The first-order valence-electron chi connectivity index (χ1n) is 11.9. The highest BCUT2D eigenvalue weighted by molar-refractivity contribution is 7.15. The molecule has 0 radical (unpaired) electrons. The second kappa shape index (κ2) is 9.73. The standard InChI is InChI=1S/C27H27N3O5S/c1-5-6-7-12-34-20-11-9-17(14-21(20)33-4)23-22-24(31)18-13-15(2)8-10-19(18)35-25(22)26(32)30(23)27-29-28-16(3)36-27/h8-11,13-14,23H,5-7,12H2,1-4H3. The van der Waals surface area contributed by atoms with Crippen molar-refractivity contribution in [3.05, 3.63) is 74.1 Å². The zero-order valence-corrected chi connectivity index (χ0v) is 21.5. The van der Waals surface area contributed by atoms with Gasteiger partial charge in [-0.3, -0.25) is 14.5 Å². The van der Waals surface area contributed by atoms with Gasteiger partial charge in [0.15, 0.2) is 16.9 Å². The van der Waals surface area contributed by atoms with Crippen molar-refractivity contribution in [1.82, 2.24) is 10.2 Å². The number of aryl methyl sites for hydroxylation is 2. The summed E-state index contributed by atoms with van der Waals surface area (Å²) < 4.78 is 17.6. The third-order valence-corrected chi connectivity index (χ3v) is 7.09. The molecule has 0 aliphatic carbocycles. The van der Waals surface area contributed by atoms with Gasteiger partial charge in [-0.15, -0.1) is 10.2 Å². The van der Waals surface area contributed by atoms with Crippen LogP contribution >= 0.6 is 11.3 Å². The molecule has 4 aromatic rings. The Morgan fingerprint density at radius 3 is 2.61 bits per heavy atom. The molecule has 0 N–H and O–H groups in total. The Bertz CT molecular complexity index is 1510. The number of amides is 1. The number of hydrogen-bond donors (Lipinski definition) is 0. The number of anilines is 1. The molecule has 1 atom stereocenters. The van der Waals surface area contributed by atoms with Gasteiger partial charge in [-0.05, 0) is 50.1 Å². The molecule has 9 heteroatoms. The molecule has 3 heterocycles. The minimum absolute atomic E-state index is 0.0214. The van der Waals surface area contributed by atoms with Crippen LogP contribution in [0.2, 0.25) is 0 Å². The van der Waals surface area contributed by atoms with E-state index in [4.69, 9.17) is 13.9 Å². The van der Waals surface area contributed by atoms with E-state index < -0.39 is 11.9 Å². The van der Waals surface area contributed by atoms with Crippen molar-refractivity contribution in [2.24, 2.45) is 0 Å². The van der Waals surface area contributed by atoms with E-state index in [1.165, 1.54) is 16.2 Å². The predicted molar refractivity (Wildman–Crippen MR) is 139 cm³/mol. The van der Waals surface area contributed by atoms with Gasteiger partial charge in [0.25, 0.3) is 5.91 Å². The Labute approximate surface area is 212 Å². The molecule has 2 aromatic carbocycles. The summed E-state index contributed by atoms with van der Waals surface area (Å²) in [4.78, 5) is 28.9. The van der Waals surface area contributed by atoms with Gasteiger partial charge < -0.3 is 13.9 Å². The van der Waals surface area contributed by atoms with Crippen LogP contribution in [-0.2, 0) is 0 Å². The van der Waals surface area contributed by atoms with E-state index in [2.05, 4.69) is 17.1 Å². The number of methoxy groups -OCH3 is 1. The number of fused-ring (bicyclic) bond motifs is 2. The lowest BCUT2D eigenvalue weighted by atomic mass is 9.98. The number of aromatic nitrogens is 2. The SMILES string of the molecule is CCCCCOc1ccc(C2c3c(oc4ccc(C)cc4c3=O)C(=O)N2c2nnc(C)s2)cc1OC. The van der Waals surface area contributed by atoms with E-state index in [0.29, 0.717) is 44.8 Å². The van der Waals surface area contributed by atoms with Gasteiger partial charge in [0.1, 0.15) is 10.6 Å². The third kappa shape index (κ3) is 4.13. The van der Waals surface area contributed by atoms with Gasteiger partial charge in [0.2, 0.25) is 10.9 Å². The number of hydrogen-bond acceptors (Lipinski definition) is 8. The summed E-state index contributed by atoms with van der Waals surface area (Å²) in [7, 11) is 1.57.